The van der Waals surface area contributed by atoms with E-state index in [0.29, 0.717) is 23.0 Å². The number of hydrogen-bond donors (Lipinski definition) is 2. The van der Waals surface area contributed by atoms with Crippen LogP contribution in [0.15, 0.2) is 39.7 Å². The largest absolute Gasteiger partial charge is 0.463 e. The van der Waals surface area contributed by atoms with Gasteiger partial charge in [0.25, 0.3) is 5.56 Å². The number of aromatic amines is 1. The lowest BCUT2D eigenvalue weighted by atomic mass is 10.1. The average Bonchev–Trinajstić information content (AvgIpc) is 3.15. The Labute approximate surface area is 149 Å². The van der Waals surface area contributed by atoms with E-state index in [1.807, 2.05) is 13.8 Å². The number of amides is 1. The lowest BCUT2D eigenvalue weighted by Gasteiger charge is -2.10. The molecule has 26 heavy (non-hydrogen) atoms. The van der Waals surface area contributed by atoms with Crippen LogP contribution in [-0.4, -0.2) is 25.7 Å². The van der Waals surface area contributed by atoms with E-state index in [9.17, 15) is 9.59 Å². The maximum Gasteiger partial charge on any atom is 0.252 e. The Morgan fingerprint density at radius 3 is 2.85 bits per heavy atom. The molecule has 4 rings (SSSR count). The molecule has 0 saturated heterocycles. The molecule has 8 nitrogen and oxygen atoms in total. The third kappa shape index (κ3) is 3.17. The molecule has 0 unspecified atom stereocenters. The Kier molecular flexibility index (Phi) is 3.95. The molecule has 0 aliphatic heterocycles. The van der Waals surface area contributed by atoms with Crippen molar-refractivity contribution in [3.05, 3.63) is 46.6 Å². The van der Waals surface area contributed by atoms with E-state index >= 15 is 0 Å². The highest BCUT2D eigenvalue weighted by Crippen LogP contribution is 2.31. The fourth-order valence-electron chi connectivity index (χ4n) is 2.61. The van der Waals surface area contributed by atoms with E-state index in [2.05, 4.69) is 20.4 Å². The summed E-state index contributed by atoms with van der Waals surface area (Å²) >= 11 is 0. The third-order valence-electron chi connectivity index (χ3n) is 4.22. The van der Waals surface area contributed by atoms with Gasteiger partial charge in [-0.25, -0.2) is 4.98 Å². The van der Waals surface area contributed by atoms with Crippen molar-refractivity contribution in [2.75, 3.05) is 5.32 Å². The van der Waals surface area contributed by atoms with Crippen molar-refractivity contribution in [3.8, 4) is 17.4 Å². The Bertz CT molecular complexity index is 996. The fraction of sp³-hybridized carbons (Fsp3) is 0.333. The first-order valence-corrected chi connectivity index (χ1v) is 8.57. The molecule has 0 bridgehead atoms. The molecule has 1 amide bonds. The van der Waals surface area contributed by atoms with Gasteiger partial charge in [0.2, 0.25) is 11.9 Å². The zero-order chi connectivity index (χ0) is 18.3. The molecule has 0 radical (unpaired) electrons. The van der Waals surface area contributed by atoms with Gasteiger partial charge in [0.15, 0.2) is 5.76 Å². The molecule has 8 heteroatoms. The molecule has 134 valence electrons. The minimum atomic E-state index is -0.270. The van der Waals surface area contributed by atoms with Crippen LogP contribution in [0.3, 0.4) is 0 Å². The van der Waals surface area contributed by atoms with Gasteiger partial charge >= 0.3 is 0 Å². The summed E-state index contributed by atoms with van der Waals surface area (Å²) in [4.78, 5) is 31.4. The summed E-state index contributed by atoms with van der Waals surface area (Å²) in [6.45, 7) is 3.91. The van der Waals surface area contributed by atoms with Crippen molar-refractivity contribution in [2.24, 2.45) is 5.92 Å². The third-order valence-corrected chi connectivity index (χ3v) is 4.22. The summed E-state index contributed by atoms with van der Waals surface area (Å²) in [5.41, 5.74) is 0.921. The maximum atomic E-state index is 12.2. The summed E-state index contributed by atoms with van der Waals surface area (Å²) in [5.74, 6) is 1.33. The lowest BCUT2D eigenvalue weighted by molar-refractivity contribution is -0.117. The zero-order valence-corrected chi connectivity index (χ0v) is 14.5. The molecular weight excluding hydrogens is 334 g/mol. The number of aromatic nitrogens is 4. The van der Waals surface area contributed by atoms with Gasteiger partial charge in [-0.2, -0.15) is 9.78 Å². The minimum Gasteiger partial charge on any atom is -0.463 e. The summed E-state index contributed by atoms with van der Waals surface area (Å²) in [6, 6.07) is 6.71. The van der Waals surface area contributed by atoms with Crippen molar-refractivity contribution in [2.45, 2.75) is 32.6 Å². The molecule has 0 aromatic carbocycles. The second kappa shape index (κ2) is 6.29. The first-order chi connectivity index (χ1) is 12.5. The second-order valence-corrected chi connectivity index (χ2v) is 6.72. The second-order valence-electron chi connectivity index (χ2n) is 6.72. The van der Waals surface area contributed by atoms with E-state index in [1.54, 1.807) is 24.5 Å². The minimum absolute atomic E-state index is 0.0411. The Hall–Kier alpha value is -3.16. The van der Waals surface area contributed by atoms with Crippen LogP contribution in [0.5, 0.6) is 0 Å². The van der Waals surface area contributed by atoms with Crippen LogP contribution in [0.2, 0.25) is 0 Å². The number of hydrogen-bond acceptors (Lipinski definition) is 5. The summed E-state index contributed by atoms with van der Waals surface area (Å²) in [6.07, 6.45) is 3.34. The monoisotopic (exact) mass is 353 g/mol. The number of rotatable bonds is 5. The van der Waals surface area contributed by atoms with E-state index in [-0.39, 0.29) is 29.3 Å². The normalized spacial score (nSPS) is 14.0. The van der Waals surface area contributed by atoms with E-state index in [0.717, 1.165) is 12.8 Å². The Morgan fingerprint density at radius 1 is 1.38 bits per heavy atom. The fourth-order valence-corrected chi connectivity index (χ4v) is 2.61. The van der Waals surface area contributed by atoms with Gasteiger partial charge < -0.3 is 9.73 Å². The first-order valence-electron chi connectivity index (χ1n) is 8.57. The quantitative estimate of drug-likeness (QED) is 0.733. The lowest BCUT2D eigenvalue weighted by Crippen LogP contribution is -2.20. The van der Waals surface area contributed by atoms with Crippen LogP contribution < -0.4 is 10.9 Å². The molecule has 3 aromatic heterocycles. The standard InChI is InChI=1S/C18H19N5O3/c1-10(2)12-9-16(24)21-18(19-12)23-15(20-17(25)11-5-6-11)8-13(22-23)14-4-3-7-26-14/h3-4,7-11H,5-6H2,1-2H3,(H,20,25)(H,19,21,24). The average molecular weight is 353 g/mol. The topological polar surface area (TPSA) is 106 Å². The van der Waals surface area contributed by atoms with E-state index in [4.69, 9.17) is 4.42 Å². The van der Waals surface area contributed by atoms with Gasteiger partial charge in [0.1, 0.15) is 11.5 Å². The highest BCUT2D eigenvalue weighted by atomic mass is 16.3. The molecular formula is C18H19N5O3. The number of furan rings is 1. The number of carbonyl (C=O) groups excluding carboxylic acids is 1. The van der Waals surface area contributed by atoms with Gasteiger partial charge in [-0.1, -0.05) is 13.8 Å². The predicted molar refractivity (Wildman–Crippen MR) is 95.1 cm³/mol. The number of anilines is 1. The van der Waals surface area contributed by atoms with Crippen LogP contribution in [-0.2, 0) is 4.79 Å². The first kappa shape index (κ1) is 16.3. The molecule has 1 aliphatic rings. The smallest absolute Gasteiger partial charge is 0.252 e. The molecule has 0 spiro atoms. The van der Waals surface area contributed by atoms with E-state index < -0.39 is 0 Å². The number of carbonyl (C=O) groups is 1. The molecule has 3 heterocycles. The van der Waals surface area contributed by atoms with Crippen LogP contribution in [0.4, 0.5) is 5.82 Å². The van der Waals surface area contributed by atoms with Crippen LogP contribution >= 0.6 is 0 Å². The van der Waals surface area contributed by atoms with Gasteiger partial charge in [0, 0.05) is 18.1 Å². The molecule has 1 aliphatic carbocycles. The van der Waals surface area contributed by atoms with Gasteiger partial charge in [-0.15, -0.1) is 0 Å². The number of H-pyrrole nitrogens is 1. The molecule has 2 N–H and O–H groups in total. The summed E-state index contributed by atoms with van der Waals surface area (Å²) in [7, 11) is 0. The maximum absolute atomic E-state index is 12.2. The van der Waals surface area contributed by atoms with Crippen molar-refractivity contribution in [3.63, 3.8) is 0 Å². The van der Waals surface area contributed by atoms with Gasteiger partial charge in [0.05, 0.1) is 12.0 Å². The van der Waals surface area contributed by atoms with Gasteiger partial charge in [-0.05, 0) is 30.9 Å². The molecule has 1 saturated carbocycles. The van der Waals surface area contributed by atoms with Crippen LogP contribution in [0.1, 0.15) is 38.3 Å². The zero-order valence-electron chi connectivity index (χ0n) is 14.5. The van der Waals surface area contributed by atoms with Crippen LogP contribution in [0, 0.1) is 5.92 Å². The molecule has 3 aromatic rings. The number of nitrogens with zero attached hydrogens (tertiary/aromatic N) is 3. The summed E-state index contributed by atoms with van der Waals surface area (Å²) in [5, 5.41) is 7.35. The van der Waals surface area contributed by atoms with Crippen molar-refractivity contribution < 1.29 is 9.21 Å². The van der Waals surface area contributed by atoms with Crippen molar-refractivity contribution >= 4 is 11.7 Å². The highest BCUT2D eigenvalue weighted by molar-refractivity contribution is 5.94. The highest BCUT2D eigenvalue weighted by Gasteiger charge is 2.30. The Balaban J connectivity index is 1.80. The van der Waals surface area contributed by atoms with Crippen molar-refractivity contribution in [1.29, 1.82) is 0 Å². The number of nitrogens with one attached hydrogen (secondary N) is 2. The predicted octanol–water partition coefficient (Wildman–Crippen LogP) is 2.69. The van der Waals surface area contributed by atoms with Crippen LogP contribution in [0.25, 0.3) is 17.4 Å². The molecule has 0 atom stereocenters. The molecule has 1 fully saturated rings. The van der Waals surface area contributed by atoms with Gasteiger partial charge in [-0.3, -0.25) is 14.6 Å². The van der Waals surface area contributed by atoms with Crippen molar-refractivity contribution in [1.82, 2.24) is 19.7 Å². The summed E-state index contributed by atoms with van der Waals surface area (Å²) < 4.78 is 6.83. The van der Waals surface area contributed by atoms with E-state index in [1.165, 1.54) is 10.7 Å². The Morgan fingerprint density at radius 2 is 2.19 bits per heavy atom. The SMILES string of the molecule is CC(C)c1cc(=O)[nH]c(-n2nc(-c3ccco3)cc2NC(=O)C2CC2)n1.